The Bertz CT molecular complexity index is 1490. The SMILES string of the molecule is CCCCC/C=C\C/C=C\C/C=C\CCCCCCCCC(=O)NC(COC1OC(CO)C(OC2OC(CO)C(O)C(O)C2O)C(O)C1O)C(O)/C=C/CCCCCCCCCCCCCCCCCCCCCCCCC. The summed E-state index contributed by atoms with van der Waals surface area (Å²) in [5.41, 5.74) is 0. The molecule has 0 saturated carbocycles. The summed E-state index contributed by atoms with van der Waals surface area (Å²) in [6.45, 7) is 2.78. The summed E-state index contributed by atoms with van der Waals surface area (Å²) >= 11 is 0. The minimum absolute atomic E-state index is 0.251. The molecule has 14 nitrogen and oxygen atoms in total. The molecule has 14 heteroatoms. The van der Waals surface area contributed by atoms with Gasteiger partial charge in [0.15, 0.2) is 12.6 Å². The summed E-state index contributed by atoms with van der Waals surface area (Å²) in [6, 6.07) is -0.924. The zero-order valence-electron chi connectivity index (χ0n) is 49.2. The van der Waals surface area contributed by atoms with Crippen LogP contribution in [-0.2, 0) is 23.7 Å². The van der Waals surface area contributed by atoms with Crippen LogP contribution in [0.1, 0.15) is 258 Å². The largest absolute Gasteiger partial charge is 0.394 e. The molecule has 0 aromatic carbocycles. The third-order valence-corrected chi connectivity index (χ3v) is 15.5. The van der Waals surface area contributed by atoms with Gasteiger partial charge in [-0.2, -0.15) is 0 Å². The van der Waals surface area contributed by atoms with E-state index in [0.29, 0.717) is 6.42 Å². The van der Waals surface area contributed by atoms with Gasteiger partial charge in [0.1, 0.15) is 48.8 Å². The molecule has 2 saturated heterocycles. The molecule has 0 radical (unpaired) electrons. The number of carbonyl (C=O) groups excluding carboxylic acids is 1. The van der Waals surface area contributed by atoms with E-state index in [1.165, 1.54) is 161 Å². The standard InChI is InChI=1S/C64H117NO13/c1-3-5-7-9-11-13-15-17-19-21-23-24-25-26-27-28-30-31-33-35-37-39-41-43-45-47-53(68)52(65-56(69)48-46-44-42-40-38-36-34-32-29-22-20-18-16-14-12-10-8-6-4-2)51-75-63-61(74)59(72)62(55(50-67)77-63)78-64-60(73)58(71)57(70)54(49-66)76-64/h12,14,18,20,29,32,45,47,52-55,57-64,66-68,70-74H,3-11,13,15-17,19,21-28,30-31,33-44,46,48-51H2,1-2H3,(H,65,69)/b14-12-,20-18-,32-29-,47-45+. The monoisotopic (exact) mass is 1110 g/mol. The van der Waals surface area contributed by atoms with Gasteiger partial charge in [-0.1, -0.05) is 242 Å². The van der Waals surface area contributed by atoms with Crippen molar-refractivity contribution in [3.8, 4) is 0 Å². The zero-order chi connectivity index (χ0) is 56.7. The molecule has 2 rings (SSSR count). The lowest BCUT2D eigenvalue weighted by atomic mass is 9.97. The van der Waals surface area contributed by atoms with E-state index < -0.39 is 86.8 Å². The fourth-order valence-corrected chi connectivity index (χ4v) is 10.4. The van der Waals surface area contributed by atoms with Crippen molar-refractivity contribution in [3.63, 3.8) is 0 Å². The van der Waals surface area contributed by atoms with Gasteiger partial charge in [0, 0.05) is 6.42 Å². The third kappa shape index (κ3) is 34.4. The van der Waals surface area contributed by atoms with Crippen LogP contribution in [0.25, 0.3) is 0 Å². The van der Waals surface area contributed by atoms with Crippen molar-refractivity contribution in [1.29, 1.82) is 0 Å². The molecule has 2 heterocycles. The van der Waals surface area contributed by atoms with E-state index in [4.69, 9.17) is 18.9 Å². The molecular weight excluding hydrogens is 991 g/mol. The molecule has 2 fully saturated rings. The minimum Gasteiger partial charge on any atom is -0.394 e. The Labute approximate surface area is 473 Å². The van der Waals surface area contributed by atoms with Crippen LogP contribution >= 0.6 is 0 Å². The van der Waals surface area contributed by atoms with Crippen LogP contribution in [-0.4, -0.2) is 140 Å². The van der Waals surface area contributed by atoms with Crippen molar-refractivity contribution < 1.29 is 64.6 Å². The number of aliphatic hydroxyl groups excluding tert-OH is 8. The third-order valence-electron chi connectivity index (χ3n) is 15.5. The summed E-state index contributed by atoms with van der Waals surface area (Å²) in [7, 11) is 0. The Morgan fingerprint density at radius 2 is 0.846 bits per heavy atom. The first-order chi connectivity index (χ1) is 38.1. The Morgan fingerprint density at radius 3 is 1.32 bits per heavy atom. The number of unbranched alkanes of at least 4 members (excludes halogenated alkanes) is 32. The average molecular weight is 1110 g/mol. The molecule has 1 amide bonds. The maximum absolute atomic E-state index is 13.3. The van der Waals surface area contributed by atoms with E-state index in [-0.39, 0.29) is 18.9 Å². The smallest absolute Gasteiger partial charge is 0.220 e. The van der Waals surface area contributed by atoms with Gasteiger partial charge >= 0.3 is 0 Å². The Morgan fingerprint density at radius 1 is 0.462 bits per heavy atom. The van der Waals surface area contributed by atoms with Crippen molar-refractivity contribution in [3.05, 3.63) is 48.6 Å². The van der Waals surface area contributed by atoms with Gasteiger partial charge in [0.2, 0.25) is 5.91 Å². The van der Waals surface area contributed by atoms with E-state index in [1.807, 2.05) is 6.08 Å². The molecule has 2 aliphatic rings. The highest BCUT2D eigenvalue weighted by Crippen LogP contribution is 2.30. The van der Waals surface area contributed by atoms with Crippen molar-refractivity contribution in [2.45, 2.75) is 331 Å². The minimum atomic E-state index is -1.79. The van der Waals surface area contributed by atoms with Gasteiger partial charge in [0.25, 0.3) is 0 Å². The highest BCUT2D eigenvalue weighted by molar-refractivity contribution is 5.76. The molecule has 12 unspecified atom stereocenters. The lowest BCUT2D eigenvalue weighted by Crippen LogP contribution is -2.65. The van der Waals surface area contributed by atoms with Crippen LogP contribution in [0, 0.1) is 0 Å². The van der Waals surface area contributed by atoms with Crippen LogP contribution in [0.2, 0.25) is 0 Å². The molecule has 2 aliphatic heterocycles. The predicted octanol–water partition coefficient (Wildman–Crippen LogP) is 11.6. The average Bonchev–Trinajstić information content (AvgIpc) is 3.48. The van der Waals surface area contributed by atoms with E-state index in [9.17, 15) is 45.6 Å². The van der Waals surface area contributed by atoms with E-state index in [1.54, 1.807) is 6.08 Å². The zero-order valence-corrected chi connectivity index (χ0v) is 49.2. The number of rotatable bonds is 51. The quantitative estimate of drug-likeness (QED) is 0.0204. The maximum Gasteiger partial charge on any atom is 0.220 e. The molecule has 12 atom stereocenters. The van der Waals surface area contributed by atoms with Crippen molar-refractivity contribution in [1.82, 2.24) is 5.32 Å². The second kappa shape index (κ2) is 49.5. The fraction of sp³-hybridized carbons (Fsp3) is 0.859. The van der Waals surface area contributed by atoms with Gasteiger partial charge in [-0.05, 0) is 57.8 Å². The molecule has 0 aliphatic carbocycles. The van der Waals surface area contributed by atoms with Gasteiger partial charge in [-0.3, -0.25) is 4.79 Å². The van der Waals surface area contributed by atoms with E-state index in [0.717, 1.165) is 70.6 Å². The summed E-state index contributed by atoms with van der Waals surface area (Å²) < 4.78 is 22.8. The van der Waals surface area contributed by atoms with Crippen LogP contribution in [0.4, 0.5) is 0 Å². The normalized spacial score (nSPS) is 24.8. The second-order valence-electron chi connectivity index (χ2n) is 22.5. The maximum atomic E-state index is 13.3. The van der Waals surface area contributed by atoms with Gasteiger partial charge < -0.3 is 65.1 Å². The lowest BCUT2D eigenvalue weighted by Gasteiger charge is -2.46. The summed E-state index contributed by atoms with van der Waals surface area (Å²) in [5, 5.41) is 87.2. The first kappa shape index (κ1) is 72.1. The Kier molecular flexibility index (Phi) is 45.8. The summed E-state index contributed by atoms with van der Waals surface area (Å²) in [5.74, 6) is -0.251. The van der Waals surface area contributed by atoms with Crippen LogP contribution in [0.3, 0.4) is 0 Å². The molecule has 0 bridgehead atoms. The number of ether oxygens (including phenoxy) is 4. The number of amides is 1. The first-order valence-electron chi connectivity index (χ1n) is 31.9. The number of carbonyl (C=O) groups is 1. The lowest BCUT2D eigenvalue weighted by molar-refractivity contribution is -0.359. The first-order valence-corrected chi connectivity index (χ1v) is 31.9. The number of hydrogen-bond donors (Lipinski definition) is 9. The van der Waals surface area contributed by atoms with Gasteiger partial charge in [-0.15, -0.1) is 0 Å². The molecule has 0 spiro atoms. The fourth-order valence-electron chi connectivity index (χ4n) is 10.4. The highest BCUT2D eigenvalue weighted by atomic mass is 16.7. The molecule has 0 aromatic rings. The number of allylic oxidation sites excluding steroid dienone is 7. The molecule has 0 aromatic heterocycles. The molecule has 9 N–H and O–H groups in total. The Hall–Kier alpha value is -2.05. The van der Waals surface area contributed by atoms with Crippen molar-refractivity contribution >= 4 is 5.91 Å². The summed E-state index contributed by atoms with van der Waals surface area (Å²) in [6.07, 6.45) is 45.8. The Balaban J connectivity index is 1.74. The number of nitrogens with one attached hydrogen (secondary N) is 1. The van der Waals surface area contributed by atoms with Gasteiger partial charge in [-0.25, -0.2) is 0 Å². The molecular formula is C64H117NO13. The number of hydrogen-bond acceptors (Lipinski definition) is 13. The predicted molar refractivity (Wildman–Crippen MR) is 314 cm³/mol. The molecule has 456 valence electrons. The van der Waals surface area contributed by atoms with Crippen LogP contribution in [0.15, 0.2) is 48.6 Å². The van der Waals surface area contributed by atoms with Crippen molar-refractivity contribution in [2.75, 3.05) is 19.8 Å². The second-order valence-corrected chi connectivity index (χ2v) is 22.5. The van der Waals surface area contributed by atoms with Crippen LogP contribution in [0.5, 0.6) is 0 Å². The van der Waals surface area contributed by atoms with Crippen LogP contribution < -0.4 is 5.32 Å². The topological polar surface area (TPSA) is 228 Å². The van der Waals surface area contributed by atoms with Gasteiger partial charge in [0.05, 0.1) is 32.0 Å². The van der Waals surface area contributed by atoms with E-state index >= 15 is 0 Å². The molecule has 78 heavy (non-hydrogen) atoms. The van der Waals surface area contributed by atoms with E-state index in [2.05, 4.69) is 55.6 Å². The van der Waals surface area contributed by atoms with Crippen molar-refractivity contribution in [2.24, 2.45) is 0 Å². The summed E-state index contributed by atoms with van der Waals surface area (Å²) in [4.78, 5) is 13.3. The highest BCUT2D eigenvalue weighted by Gasteiger charge is 2.51. The number of aliphatic hydroxyl groups is 8.